The van der Waals surface area contributed by atoms with Crippen LogP contribution in [0.2, 0.25) is 0 Å². The molecule has 9 heteroatoms. The third-order valence-corrected chi connectivity index (χ3v) is 5.49. The maximum atomic E-state index is 13.2. The Morgan fingerprint density at radius 3 is 2.29 bits per heavy atom. The van der Waals surface area contributed by atoms with Crippen LogP contribution >= 0.6 is 0 Å². The molecule has 1 atom stereocenters. The van der Waals surface area contributed by atoms with Gasteiger partial charge in [-0.3, -0.25) is 14.8 Å². The third kappa shape index (κ3) is 5.40. The number of nitrogens with zero attached hydrogens (tertiary/aromatic N) is 3. The standard InChI is InChI=1S/C26H23F3N4O2/c1-14-5-7-22(30-12-14)19-9-20(24-16(3)32-17(4)35-24)11-21(10-19)25(34)33-15(2)18-6-8-23(31-13-18)26(27,28)29/h5-13,15H,1-4H3,(H,33,34)/t15-/m1/s1. The van der Waals surface area contributed by atoms with Crippen molar-refractivity contribution in [3.63, 3.8) is 0 Å². The predicted molar refractivity (Wildman–Crippen MR) is 125 cm³/mol. The Hall–Kier alpha value is -4.01. The first kappa shape index (κ1) is 24.1. The van der Waals surface area contributed by atoms with Gasteiger partial charge in [-0.2, -0.15) is 13.2 Å². The first-order valence-corrected chi connectivity index (χ1v) is 10.9. The van der Waals surface area contributed by atoms with E-state index in [2.05, 4.69) is 20.3 Å². The number of carbonyl (C=O) groups excluding carboxylic acids is 1. The van der Waals surface area contributed by atoms with E-state index in [4.69, 9.17) is 4.42 Å². The van der Waals surface area contributed by atoms with E-state index in [1.54, 1.807) is 32.2 Å². The van der Waals surface area contributed by atoms with E-state index in [0.717, 1.165) is 17.8 Å². The zero-order chi connectivity index (χ0) is 25.3. The molecule has 0 aliphatic heterocycles. The molecule has 0 aliphatic rings. The number of amides is 1. The van der Waals surface area contributed by atoms with Crippen LogP contribution in [0, 0.1) is 20.8 Å². The van der Waals surface area contributed by atoms with Crippen molar-refractivity contribution in [2.75, 3.05) is 0 Å². The Morgan fingerprint density at radius 1 is 0.971 bits per heavy atom. The van der Waals surface area contributed by atoms with Gasteiger partial charge in [0.2, 0.25) is 0 Å². The van der Waals surface area contributed by atoms with Crippen molar-refractivity contribution >= 4 is 5.91 Å². The third-order valence-electron chi connectivity index (χ3n) is 5.49. The van der Waals surface area contributed by atoms with Crippen LogP contribution in [-0.4, -0.2) is 20.9 Å². The van der Waals surface area contributed by atoms with E-state index in [0.29, 0.717) is 45.3 Å². The van der Waals surface area contributed by atoms with E-state index in [1.807, 2.05) is 32.0 Å². The van der Waals surface area contributed by atoms with E-state index in [-0.39, 0.29) is 0 Å². The molecule has 1 N–H and O–H groups in total. The first-order chi connectivity index (χ1) is 16.5. The van der Waals surface area contributed by atoms with Crippen LogP contribution in [0.15, 0.2) is 59.3 Å². The van der Waals surface area contributed by atoms with Crippen molar-refractivity contribution in [1.82, 2.24) is 20.3 Å². The largest absolute Gasteiger partial charge is 0.441 e. The number of hydrogen-bond acceptors (Lipinski definition) is 5. The monoisotopic (exact) mass is 480 g/mol. The molecule has 0 saturated heterocycles. The molecule has 1 aromatic carbocycles. The summed E-state index contributed by atoms with van der Waals surface area (Å²) < 4.78 is 44.2. The second-order valence-corrected chi connectivity index (χ2v) is 8.34. The highest BCUT2D eigenvalue weighted by Gasteiger charge is 2.32. The normalized spacial score (nSPS) is 12.4. The van der Waals surface area contributed by atoms with Crippen molar-refractivity contribution in [3.05, 3.63) is 88.8 Å². The Morgan fingerprint density at radius 2 is 1.71 bits per heavy atom. The molecule has 1 amide bonds. The lowest BCUT2D eigenvalue weighted by molar-refractivity contribution is -0.141. The molecule has 35 heavy (non-hydrogen) atoms. The SMILES string of the molecule is Cc1ccc(-c2cc(C(=O)N[C@H](C)c3ccc(C(F)(F)F)nc3)cc(-c3oc(C)nc3C)c2)nc1. The van der Waals surface area contributed by atoms with Crippen LogP contribution in [0.1, 0.15) is 51.7 Å². The van der Waals surface area contributed by atoms with Crippen molar-refractivity contribution in [3.8, 4) is 22.6 Å². The highest BCUT2D eigenvalue weighted by atomic mass is 19.4. The number of pyridine rings is 2. The molecule has 6 nitrogen and oxygen atoms in total. The number of aryl methyl sites for hydroxylation is 3. The molecule has 0 saturated carbocycles. The van der Waals surface area contributed by atoms with Crippen molar-refractivity contribution in [2.45, 2.75) is 39.9 Å². The quantitative estimate of drug-likeness (QED) is 0.366. The highest BCUT2D eigenvalue weighted by Crippen LogP contribution is 2.31. The fourth-order valence-corrected chi connectivity index (χ4v) is 3.67. The molecule has 0 radical (unpaired) electrons. The zero-order valence-corrected chi connectivity index (χ0v) is 19.6. The van der Waals surface area contributed by atoms with Crippen LogP contribution in [0.3, 0.4) is 0 Å². The lowest BCUT2D eigenvalue weighted by Crippen LogP contribution is -2.27. The van der Waals surface area contributed by atoms with E-state index >= 15 is 0 Å². The maximum absolute atomic E-state index is 13.2. The van der Waals surface area contributed by atoms with Gasteiger partial charge in [-0.1, -0.05) is 12.1 Å². The molecule has 0 unspecified atom stereocenters. The molecule has 4 aromatic rings. The summed E-state index contributed by atoms with van der Waals surface area (Å²) in [6.45, 7) is 7.18. The fourth-order valence-electron chi connectivity index (χ4n) is 3.67. The van der Waals surface area contributed by atoms with Gasteiger partial charge < -0.3 is 9.73 Å². The van der Waals surface area contributed by atoms with Gasteiger partial charge in [-0.05, 0) is 62.2 Å². The average molecular weight is 480 g/mol. The van der Waals surface area contributed by atoms with Crippen LogP contribution in [0.25, 0.3) is 22.6 Å². The van der Waals surface area contributed by atoms with Gasteiger partial charge in [-0.25, -0.2) is 4.98 Å². The number of oxazole rings is 1. The predicted octanol–water partition coefficient (Wildman–Crippen LogP) is 6.23. The Kier molecular flexibility index (Phi) is 6.43. The summed E-state index contributed by atoms with van der Waals surface area (Å²) in [4.78, 5) is 25.4. The summed E-state index contributed by atoms with van der Waals surface area (Å²) in [5.41, 5.74) is 3.56. The number of carbonyl (C=O) groups is 1. The van der Waals surface area contributed by atoms with Gasteiger partial charge in [0.15, 0.2) is 11.7 Å². The average Bonchev–Trinajstić information content (AvgIpc) is 3.16. The fraction of sp³-hybridized carbons (Fsp3) is 0.231. The molecular formula is C26H23F3N4O2. The van der Waals surface area contributed by atoms with E-state index in [1.165, 1.54) is 6.07 Å². The molecule has 0 aliphatic carbocycles. The molecule has 4 rings (SSSR count). The second kappa shape index (κ2) is 9.32. The van der Waals surface area contributed by atoms with E-state index < -0.39 is 23.8 Å². The van der Waals surface area contributed by atoms with E-state index in [9.17, 15) is 18.0 Å². The van der Waals surface area contributed by atoms with Crippen molar-refractivity contribution in [1.29, 1.82) is 0 Å². The first-order valence-electron chi connectivity index (χ1n) is 10.9. The molecular weight excluding hydrogens is 457 g/mol. The minimum atomic E-state index is -4.52. The summed E-state index contributed by atoms with van der Waals surface area (Å²) >= 11 is 0. The molecule has 3 heterocycles. The Balaban J connectivity index is 1.67. The van der Waals surface area contributed by atoms with Gasteiger partial charge in [0, 0.05) is 36.0 Å². The number of halogens is 3. The zero-order valence-electron chi connectivity index (χ0n) is 19.6. The second-order valence-electron chi connectivity index (χ2n) is 8.34. The number of nitrogens with one attached hydrogen (secondary N) is 1. The number of benzene rings is 1. The molecule has 180 valence electrons. The Labute approximate surface area is 200 Å². The van der Waals surface area contributed by atoms with Crippen LogP contribution in [0.4, 0.5) is 13.2 Å². The molecule has 0 spiro atoms. The molecule has 0 bridgehead atoms. The van der Waals surface area contributed by atoms with Crippen molar-refractivity contribution in [2.24, 2.45) is 0 Å². The van der Waals surface area contributed by atoms with Crippen LogP contribution < -0.4 is 5.32 Å². The Bertz CT molecular complexity index is 1360. The van der Waals surface area contributed by atoms with Crippen molar-refractivity contribution < 1.29 is 22.4 Å². The van der Waals surface area contributed by atoms with Crippen LogP contribution in [-0.2, 0) is 6.18 Å². The van der Waals surface area contributed by atoms with Gasteiger partial charge in [0.25, 0.3) is 5.91 Å². The topological polar surface area (TPSA) is 80.9 Å². The van der Waals surface area contributed by atoms with Gasteiger partial charge in [0.05, 0.1) is 17.4 Å². The van der Waals surface area contributed by atoms with Crippen LogP contribution in [0.5, 0.6) is 0 Å². The van der Waals surface area contributed by atoms with Gasteiger partial charge in [-0.15, -0.1) is 0 Å². The summed E-state index contributed by atoms with van der Waals surface area (Å²) in [5.74, 6) is 0.651. The molecule has 0 fully saturated rings. The lowest BCUT2D eigenvalue weighted by atomic mass is 9.99. The highest BCUT2D eigenvalue weighted by molar-refractivity contribution is 5.97. The maximum Gasteiger partial charge on any atom is 0.433 e. The number of hydrogen-bond donors (Lipinski definition) is 1. The number of alkyl halides is 3. The summed E-state index contributed by atoms with van der Waals surface area (Å²) in [7, 11) is 0. The summed E-state index contributed by atoms with van der Waals surface area (Å²) in [6, 6.07) is 10.7. The minimum Gasteiger partial charge on any atom is -0.441 e. The smallest absolute Gasteiger partial charge is 0.433 e. The lowest BCUT2D eigenvalue weighted by Gasteiger charge is -2.16. The van der Waals surface area contributed by atoms with Gasteiger partial charge in [0.1, 0.15) is 5.69 Å². The summed E-state index contributed by atoms with van der Waals surface area (Å²) in [6.07, 6.45) is -1.67. The summed E-state index contributed by atoms with van der Waals surface area (Å²) in [5, 5.41) is 2.83. The number of aromatic nitrogens is 3. The van der Waals surface area contributed by atoms with Gasteiger partial charge >= 0.3 is 6.18 Å². The molecule has 3 aromatic heterocycles. The number of rotatable bonds is 5. The minimum absolute atomic E-state index is 0.347.